The van der Waals surface area contributed by atoms with Crippen molar-refractivity contribution < 1.29 is 14.0 Å². The van der Waals surface area contributed by atoms with Crippen LogP contribution in [0.4, 0.5) is 0 Å². The molecule has 2 aromatic carbocycles. The standard InChI is InChI=1S/C25H24N4O3S/c1-16-7-9-20(10-8-16)29-24(19-6-4-5-17(2)13-19)27-28-25(29)33-15-22(31)23-12-11-21(32-23)14-26-18(3)30/h4-13H,14-15H2,1-3H3,(H,26,30). The highest BCUT2D eigenvalue weighted by molar-refractivity contribution is 7.99. The first-order valence-corrected chi connectivity index (χ1v) is 11.5. The van der Waals surface area contributed by atoms with E-state index in [1.165, 1.54) is 18.7 Å². The zero-order chi connectivity index (χ0) is 23.4. The number of Topliss-reactive ketones (excluding diaryl/α,β-unsaturated/α-hetero) is 1. The Balaban J connectivity index is 1.58. The van der Waals surface area contributed by atoms with E-state index < -0.39 is 0 Å². The summed E-state index contributed by atoms with van der Waals surface area (Å²) in [7, 11) is 0. The van der Waals surface area contributed by atoms with Crippen LogP contribution in [-0.2, 0) is 11.3 Å². The van der Waals surface area contributed by atoms with Crippen molar-refractivity contribution in [1.82, 2.24) is 20.1 Å². The number of thioether (sulfide) groups is 1. The van der Waals surface area contributed by atoms with Gasteiger partial charge in [-0.1, -0.05) is 53.2 Å². The van der Waals surface area contributed by atoms with Crippen molar-refractivity contribution in [2.75, 3.05) is 5.75 Å². The lowest BCUT2D eigenvalue weighted by molar-refractivity contribution is -0.119. The van der Waals surface area contributed by atoms with E-state index in [4.69, 9.17) is 4.42 Å². The highest BCUT2D eigenvalue weighted by atomic mass is 32.2. The summed E-state index contributed by atoms with van der Waals surface area (Å²) in [6, 6.07) is 19.5. The molecule has 0 saturated carbocycles. The van der Waals surface area contributed by atoms with Crippen LogP contribution >= 0.6 is 11.8 Å². The number of carbonyl (C=O) groups is 2. The molecular weight excluding hydrogens is 436 g/mol. The lowest BCUT2D eigenvalue weighted by Gasteiger charge is -2.11. The molecule has 0 aliphatic carbocycles. The van der Waals surface area contributed by atoms with E-state index in [9.17, 15) is 9.59 Å². The van der Waals surface area contributed by atoms with Crippen molar-refractivity contribution in [2.45, 2.75) is 32.5 Å². The predicted octanol–water partition coefficient (Wildman–Crippen LogP) is 4.76. The average molecular weight is 461 g/mol. The van der Waals surface area contributed by atoms with Gasteiger partial charge in [0.15, 0.2) is 16.7 Å². The molecule has 1 N–H and O–H groups in total. The second-order valence-electron chi connectivity index (χ2n) is 7.73. The number of rotatable bonds is 8. The van der Waals surface area contributed by atoms with Gasteiger partial charge in [-0.05, 0) is 44.2 Å². The Hall–Kier alpha value is -3.65. The third kappa shape index (κ3) is 5.40. The van der Waals surface area contributed by atoms with Gasteiger partial charge in [0.05, 0.1) is 12.3 Å². The minimum absolute atomic E-state index is 0.144. The summed E-state index contributed by atoms with van der Waals surface area (Å²) in [5, 5.41) is 12.1. The Morgan fingerprint density at radius 3 is 2.52 bits per heavy atom. The fourth-order valence-corrected chi connectivity index (χ4v) is 4.12. The molecule has 4 aromatic rings. The highest BCUT2D eigenvalue weighted by Gasteiger charge is 2.19. The van der Waals surface area contributed by atoms with Crippen molar-refractivity contribution in [3.05, 3.63) is 83.3 Å². The molecule has 0 fully saturated rings. The molecule has 0 radical (unpaired) electrons. The van der Waals surface area contributed by atoms with Crippen LogP contribution in [0, 0.1) is 13.8 Å². The summed E-state index contributed by atoms with van der Waals surface area (Å²) in [6.45, 7) is 5.75. The molecular formula is C25H24N4O3S. The van der Waals surface area contributed by atoms with Gasteiger partial charge in [-0.2, -0.15) is 0 Å². The van der Waals surface area contributed by atoms with Crippen LogP contribution in [0.2, 0.25) is 0 Å². The number of nitrogens with one attached hydrogen (secondary N) is 1. The molecule has 168 valence electrons. The summed E-state index contributed by atoms with van der Waals surface area (Å²) >= 11 is 1.31. The lowest BCUT2D eigenvalue weighted by atomic mass is 10.1. The topological polar surface area (TPSA) is 90.0 Å². The zero-order valence-corrected chi connectivity index (χ0v) is 19.5. The summed E-state index contributed by atoms with van der Waals surface area (Å²) in [6.07, 6.45) is 0. The van der Waals surface area contributed by atoms with E-state index in [-0.39, 0.29) is 29.7 Å². The van der Waals surface area contributed by atoms with Crippen LogP contribution in [0.15, 0.2) is 70.2 Å². The van der Waals surface area contributed by atoms with Crippen LogP contribution in [0.3, 0.4) is 0 Å². The number of hydrogen-bond donors (Lipinski definition) is 1. The van der Waals surface area contributed by atoms with Crippen LogP contribution in [0.5, 0.6) is 0 Å². The van der Waals surface area contributed by atoms with E-state index >= 15 is 0 Å². The van der Waals surface area contributed by atoms with Gasteiger partial charge in [-0.25, -0.2) is 0 Å². The van der Waals surface area contributed by atoms with E-state index in [0.29, 0.717) is 16.7 Å². The number of amides is 1. The Kier molecular flexibility index (Phi) is 6.74. The number of hydrogen-bond acceptors (Lipinski definition) is 6. The van der Waals surface area contributed by atoms with Gasteiger partial charge < -0.3 is 9.73 Å². The monoisotopic (exact) mass is 460 g/mol. The molecule has 2 aromatic heterocycles. The summed E-state index contributed by atoms with van der Waals surface area (Å²) < 4.78 is 7.55. The molecule has 0 aliphatic rings. The number of benzene rings is 2. The van der Waals surface area contributed by atoms with Gasteiger partial charge in [0, 0.05) is 18.2 Å². The van der Waals surface area contributed by atoms with Gasteiger partial charge in [0.2, 0.25) is 11.7 Å². The highest BCUT2D eigenvalue weighted by Crippen LogP contribution is 2.29. The average Bonchev–Trinajstić information content (AvgIpc) is 3.44. The molecule has 4 rings (SSSR count). The first-order chi connectivity index (χ1) is 15.9. The molecule has 0 bridgehead atoms. The molecule has 2 heterocycles. The molecule has 0 atom stereocenters. The number of ketones is 1. The summed E-state index contributed by atoms with van der Waals surface area (Å²) in [5.41, 5.74) is 4.16. The number of nitrogens with zero attached hydrogens (tertiary/aromatic N) is 3. The lowest BCUT2D eigenvalue weighted by Crippen LogP contribution is -2.18. The Morgan fingerprint density at radius 2 is 1.79 bits per heavy atom. The summed E-state index contributed by atoms with van der Waals surface area (Å²) in [5.74, 6) is 1.32. The number of aryl methyl sites for hydroxylation is 2. The van der Waals surface area contributed by atoms with Crippen LogP contribution < -0.4 is 5.32 Å². The van der Waals surface area contributed by atoms with E-state index in [1.54, 1.807) is 12.1 Å². The molecule has 0 unspecified atom stereocenters. The molecule has 8 heteroatoms. The van der Waals surface area contributed by atoms with E-state index in [0.717, 1.165) is 22.4 Å². The van der Waals surface area contributed by atoms with Crippen molar-refractivity contribution in [1.29, 1.82) is 0 Å². The Morgan fingerprint density at radius 1 is 1.00 bits per heavy atom. The first-order valence-electron chi connectivity index (χ1n) is 10.5. The summed E-state index contributed by atoms with van der Waals surface area (Å²) in [4.78, 5) is 23.8. The third-order valence-electron chi connectivity index (χ3n) is 4.98. The maximum absolute atomic E-state index is 12.7. The third-order valence-corrected chi connectivity index (χ3v) is 5.91. The fourth-order valence-electron chi connectivity index (χ4n) is 3.30. The predicted molar refractivity (Wildman–Crippen MR) is 128 cm³/mol. The van der Waals surface area contributed by atoms with Gasteiger partial charge in [-0.15, -0.1) is 10.2 Å². The minimum Gasteiger partial charge on any atom is -0.456 e. The van der Waals surface area contributed by atoms with Crippen molar-refractivity contribution in [3.8, 4) is 17.1 Å². The maximum atomic E-state index is 12.7. The van der Waals surface area contributed by atoms with Crippen molar-refractivity contribution in [2.24, 2.45) is 0 Å². The van der Waals surface area contributed by atoms with Crippen LogP contribution in [0.25, 0.3) is 17.1 Å². The van der Waals surface area contributed by atoms with Crippen molar-refractivity contribution >= 4 is 23.5 Å². The van der Waals surface area contributed by atoms with Crippen LogP contribution in [-0.4, -0.2) is 32.2 Å². The normalized spacial score (nSPS) is 10.9. The molecule has 7 nitrogen and oxygen atoms in total. The number of carbonyl (C=O) groups excluding carboxylic acids is 2. The molecule has 33 heavy (non-hydrogen) atoms. The molecule has 0 saturated heterocycles. The van der Waals surface area contributed by atoms with Gasteiger partial charge in [0.1, 0.15) is 5.76 Å². The van der Waals surface area contributed by atoms with Crippen molar-refractivity contribution in [3.63, 3.8) is 0 Å². The van der Waals surface area contributed by atoms with Gasteiger partial charge >= 0.3 is 0 Å². The van der Waals surface area contributed by atoms with E-state index in [1.807, 2.05) is 60.9 Å². The number of aromatic nitrogens is 3. The largest absolute Gasteiger partial charge is 0.456 e. The van der Waals surface area contributed by atoms with Gasteiger partial charge in [0.25, 0.3) is 0 Å². The smallest absolute Gasteiger partial charge is 0.217 e. The molecule has 0 spiro atoms. The maximum Gasteiger partial charge on any atom is 0.217 e. The van der Waals surface area contributed by atoms with Gasteiger partial charge in [-0.3, -0.25) is 14.2 Å². The van der Waals surface area contributed by atoms with Crippen LogP contribution in [0.1, 0.15) is 34.4 Å². The SMILES string of the molecule is CC(=O)NCc1ccc(C(=O)CSc2nnc(-c3cccc(C)c3)n2-c2ccc(C)cc2)o1. The van der Waals surface area contributed by atoms with E-state index in [2.05, 4.69) is 21.6 Å². The number of furan rings is 1. The Bertz CT molecular complexity index is 1290. The second kappa shape index (κ2) is 9.87. The minimum atomic E-state index is -0.162. The molecule has 0 aliphatic heterocycles. The first kappa shape index (κ1) is 22.5. The zero-order valence-electron chi connectivity index (χ0n) is 18.7. The fraction of sp³-hybridized carbons (Fsp3) is 0.200. The quantitative estimate of drug-likeness (QED) is 0.301. The molecule has 1 amide bonds. The second-order valence-corrected chi connectivity index (χ2v) is 8.68. The Labute approximate surface area is 196 Å².